The molecule has 10 rings (SSSR count). The summed E-state index contributed by atoms with van der Waals surface area (Å²) >= 11 is 0. The number of anilines is 3. The number of carboxylic acid groups (broad SMARTS) is 1. The molecule has 4 N–H and O–H groups in total. The van der Waals surface area contributed by atoms with Crippen LogP contribution in [0.5, 0.6) is 0 Å². The van der Waals surface area contributed by atoms with Gasteiger partial charge in [0.15, 0.2) is 28.6 Å². The van der Waals surface area contributed by atoms with Gasteiger partial charge < -0.3 is 30.0 Å². The number of imidazole rings is 4. The van der Waals surface area contributed by atoms with E-state index in [0.29, 0.717) is 67.8 Å². The predicted molar refractivity (Wildman–Crippen MR) is 231 cm³/mol. The van der Waals surface area contributed by atoms with Gasteiger partial charge in [-0.05, 0) is 79.7 Å². The number of aryl methyl sites for hydroxylation is 2. The van der Waals surface area contributed by atoms with Gasteiger partial charge in [0.25, 0.3) is 0 Å². The van der Waals surface area contributed by atoms with Crippen molar-refractivity contribution in [1.29, 1.82) is 0 Å². The molecule has 0 unspecified atom stereocenters. The van der Waals surface area contributed by atoms with Crippen molar-refractivity contribution in [2.24, 2.45) is 14.1 Å². The molecule has 4 aromatic carbocycles. The highest BCUT2D eigenvalue weighted by atomic mass is 19.1. The molecule has 6 aromatic heterocycles. The summed E-state index contributed by atoms with van der Waals surface area (Å²) in [6.07, 6.45) is 4.76. The molecule has 18 heteroatoms. The summed E-state index contributed by atoms with van der Waals surface area (Å²) in [6.45, 7) is 1.94. The minimum Gasteiger partial charge on any atom is -0.476 e. The highest BCUT2D eigenvalue weighted by molar-refractivity contribution is 5.93. The molecule has 0 spiro atoms. The molecule has 312 valence electrons. The number of benzene rings is 4. The van der Waals surface area contributed by atoms with E-state index in [0.717, 1.165) is 16.6 Å². The second kappa shape index (κ2) is 14.9. The van der Waals surface area contributed by atoms with Crippen LogP contribution in [0.2, 0.25) is 0 Å². The zero-order valence-electron chi connectivity index (χ0n) is 33.7. The maximum Gasteiger partial charge on any atom is 0.356 e. The molecule has 0 radical (unpaired) electrons. The number of carbonyl (C=O) groups is 2. The van der Waals surface area contributed by atoms with E-state index < -0.39 is 23.6 Å². The van der Waals surface area contributed by atoms with Crippen LogP contribution in [0.15, 0.2) is 104 Å². The molecule has 0 saturated carbocycles. The van der Waals surface area contributed by atoms with Crippen LogP contribution in [0.1, 0.15) is 23.1 Å². The number of hydrogen-bond acceptors (Lipinski definition) is 11. The van der Waals surface area contributed by atoms with Crippen molar-refractivity contribution in [2.45, 2.75) is 13.3 Å². The summed E-state index contributed by atoms with van der Waals surface area (Å²) in [5.74, 6) is -1.90. The fourth-order valence-corrected chi connectivity index (χ4v) is 7.79. The van der Waals surface area contributed by atoms with Crippen molar-refractivity contribution in [3.8, 4) is 45.0 Å². The number of aromatic carboxylic acids is 1. The third-order valence-electron chi connectivity index (χ3n) is 10.8. The molecule has 0 aliphatic heterocycles. The molecule has 0 fully saturated rings. The highest BCUT2D eigenvalue weighted by Crippen LogP contribution is 2.39. The van der Waals surface area contributed by atoms with Crippen LogP contribution < -0.4 is 11.1 Å². The zero-order chi connectivity index (χ0) is 43.7. The average molecular weight is 845 g/mol. The van der Waals surface area contributed by atoms with Crippen molar-refractivity contribution in [3.63, 3.8) is 0 Å². The third kappa shape index (κ3) is 6.69. The maximum absolute atomic E-state index is 14.4. The zero-order valence-corrected chi connectivity index (χ0v) is 33.7. The number of aromatic nitrogens is 10. The number of rotatable bonds is 10. The summed E-state index contributed by atoms with van der Waals surface area (Å²) < 4.78 is 40.9. The SMILES string of the molecule is CCOC(=O)Cc1cn2c(-c3ccc4ncn(C)c4c3)c(-c3ccc(F)cc3)nc(Nc3nc4ccc(-c5c(-c6ccc(F)cc6)nc(N)c6nc(C(=O)O)cn56)cc4n3C)c2n1. The molecule has 10 aromatic rings. The van der Waals surface area contributed by atoms with Crippen LogP contribution in [0.25, 0.3) is 78.4 Å². The Morgan fingerprint density at radius 1 is 0.730 bits per heavy atom. The van der Waals surface area contributed by atoms with E-state index in [2.05, 4.69) is 20.3 Å². The van der Waals surface area contributed by atoms with E-state index in [-0.39, 0.29) is 36.0 Å². The molecule has 0 aliphatic rings. The lowest BCUT2D eigenvalue weighted by atomic mass is 10.0. The lowest BCUT2D eigenvalue weighted by molar-refractivity contribution is -0.142. The molecular weight excluding hydrogens is 811 g/mol. The Morgan fingerprint density at radius 2 is 1.33 bits per heavy atom. The van der Waals surface area contributed by atoms with Crippen LogP contribution >= 0.6 is 0 Å². The molecule has 0 saturated heterocycles. The van der Waals surface area contributed by atoms with Gasteiger partial charge in [-0.3, -0.25) is 13.6 Å². The van der Waals surface area contributed by atoms with Gasteiger partial charge in [0.1, 0.15) is 11.6 Å². The van der Waals surface area contributed by atoms with Gasteiger partial charge in [0.2, 0.25) is 5.95 Å². The van der Waals surface area contributed by atoms with Crippen LogP contribution in [-0.2, 0) is 30.0 Å². The van der Waals surface area contributed by atoms with Crippen LogP contribution in [-0.4, -0.2) is 71.5 Å². The normalized spacial score (nSPS) is 11.6. The number of nitrogens with zero attached hydrogens (tertiary/aromatic N) is 10. The number of carbonyl (C=O) groups excluding carboxylic acids is 1. The minimum atomic E-state index is -1.25. The number of hydrogen-bond donors (Lipinski definition) is 3. The van der Waals surface area contributed by atoms with E-state index in [9.17, 15) is 23.5 Å². The van der Waals surface area contributed by atoms with E-state index in [4.69, 9.17) is 25.4 Å². The maximum atomic E-state index is 14.4. The second-order valence-corrected chi connectivity index (χ2v) is 14.8. The first-order valence-corrected chi connectivity index (χ1v) is 19.6. The van der Waals surface area contributed by atoms with Crippen molar-refractivity contribution in [1.82, 2.24) is 47.8 Å². The van der Waals surface area contributed by atoms with Crippen molar-refractivity contribution >= 4 is 62.9 Å². The number of carboxylic acids is 1. The lowest BCUT2D eigenvalue weighted by Crippen LogP contribution is -2.07. The number of fused-ring (bicyclic) bond motifs is 4. The smallest absolute Gasteiger partial charge is 0.356 e. The number of ether oxygens (including phenoxy) is 1. The van der Waals surface area contributed by atoms with E-state index in [1.54, 1.807) is 54.2 Å². The van der Waals surface area contributed by atoms with Crippen molar-refractivity contribution in [3.05, 3.63) is 127 Å². The van der Waals surface area contributed by atoms with Gasteiger partial charge in [0, 0.05) is 48.7 Å². The molecule has 0 bridgehead atoms. The van der Waals surface area contributed by atoms with E-state index in [1.165, 1.54) is 30.5 Å². The number of nitrogen functional groups attached to an aromatic ring is 1. The first-order valence-electron chi connectivity index (χ1n) is 19.6. The Morgan fingerprint density at radius 3 is 1.98 bits per heavy atom. The summed E-state index contributed by atoms with van der Waals surface area (Å²) in [5, 5.41) is 13.2. The van der Waals surface area contributed by atoms with Gasteiger partial charge in [-0.2, -0.15) is 0 Å². The number of esters is 1. The largest absolute Gasteiger partial charge is 0.476 e. The van der Waals surface area contributed by atoms with E-state index in [1.807, 2.05) is 58.0 Å². The Hall–Kier alpha value is -8.54. The fourth-order valence-electron chi connectivity index (χ4n) is 7.79. The summed E-state index contributed by atoms with van der Waals surface area (Å²) in [6, 6.07) is 23.1. The lowest BCUT2D eigenvalue weighted by Gasteiger charge is -2.16. The fraction of sp³-hybridized carbons (Fsp3) is 0.111. The molecule has 0 atom stereocenters. The first-order chi connectivity index (χ1) is 30.4. The Balaban J connectivity index is 1.15. The monoisotopic (exact) mass is 844 g/mol. The van der Waals surface area contributed by atoms with Crippen molar-refractivity contribution in [2.75, 3.05) is 17.7 Å². The molecule has 63 heavy (non-hydrogen) atoms. The Labute approximate surface area is 354 Å². The van der Waals surface area contributed by atoms with Gasteiger partial charge in [0.05, 0.1) is 69.9 Å². The van der Waals surface area contributed by atoms with Gasteiger partial charge in [-0.25, -0.2) is 43.5 Å². The molecule has 0 amide bonds. The highest BCUT2D eigenvalue weighted by Gasteiger charge is 2.25. The molecule has 16 nitrogen and oxygen atoms in total. The van der Waals surface area contributed by atoms with Crippen LogP contribution in [0.3, 0.4) is 0 Å². The molecular formula is C45H34F2N12O4. The summed E-state index contributed by atoms with van der Waals surface area (Å²) in [7, 11) is 3.71. The summed E-state index contributed by atoms with van der Waals surface area (Å²) in [5.41, 5.74) is 14.4. The summed E-state index contributed by atoms with van der Waals surface area (Å²) in [4.78, 5) is 53.2. The molecule has 6 heterocycles. The quantitative estimate of drug-likeness (QED) is 0.114. The topological polar surface area (TPSA) is 198 Å². The van der Waals surface area contributed by atoms with Crippen molar-refractivity contribution < 1.29 is 28.2 Å². The Bertz CT molecular complexity index is 3480. The van der Waals surface area contributed by atoms with Crippen LogP contribution in [0.4, 0.5) is 26.4 Å². The van der Waals surface area contributed by atoms with Gasteiger partial charge >= 0.3 is 11.9 Å². The number of halogens is 2. The van der Waals surface area contributed by atoms with E-state index >= 15 is 0 Å². The number of nitrogens with one attached hydrogen (secondary N) is 1. The van der Waals surface area contributed by atoms with Crippen LogP contribution in [0, 0.1) is 11.6 Å². The predicted octanol–water partition coefficient (Wildman–Crippen LogP) is 7.62. The second-order valence-electron chi connectivity index (χ2n) is 14.8. The molecule has 0 aliphatic carbocycles. The number of nitrogens with two attached hydrogens (primary N) is 1. The van der Waals surface area contributed by atoms with Gasteiger partial charge in [-0.1, -0.05) is 12.1 Å². The van der Waals surface area contributed by atoms with Gasteiger partial charge in [-0.15, -0.1) is 0 Å². The minimum absolute atomic E-state index is 0.00885. The average Bonchev–Trinajstić information content (AvgIpc) is 4.06. The standard InChI is InChI=1S/C45H34F2N12O4/c1-4-63-35(60)19-29-20-58-39(25-9-15-30-33(17-25)56(2)22-49-30)37(24-7-13-28(47)14-8-24)54-41(43(58)50-29)55-45-52-31-16-10-26(18-34(31)57(45)3)38-36(23-5-11-27(46)12-6-23)53-40(48)42-51-32(44(61)62)21-59(38)42/h5-18,20-22H,4,19H2,1-3H3,(H2,48,53)(H,61,62)(H,52,54,55). The third-order valence-corrected chi connectivity index (χ3v) is 10.8. The Kier molecular flexibility index (Phi) is 9.12. The first kappa shape index (κ1) is 38.6.